The van der Waals surface area contributed by atoms with E-state index in [9.17, 15) is 4.79 Å². The minimum Gasteiger partial charge on any atom is -0.497 e. The van der Waals surface area contributed by atoms with Crippen LogP contribution in [0, 0.1) is 5.41 Å². The van der Waals surface area contributed by atoms with Gasteiger partial charge < -0.3 is 9.47 Å². The van der Waals surface area contributed by atoms with Crippen LogP contribution in [0.3, 0.4) is 0 Å². The predicted octanol–water partition coefficient (Wildman–Crippen LogP) is 4.47. The third-order valence-electron chi connectivity index (χ3n) is 3.23. The van der Waals surface area contributed by atoms with Crippen molar-refractivity contribution < 1.29 is 14.3 Å². The monoisotopic (exact) mass is 330 g/mol. The third kappa shape index (κ3) is 5.25. The quantitative estimate of drug-likeness (QED) is 0.570. The molecule has 5 heteroatoms. The second-order valence-corrected chi connectivity index (χ2v) is 6.26. The van der Waals surface area contributed by atoms with Crippen molar-refractivity contribution in [2.24, 2.45) is 5.41 Å². The van der Waals surface area contributed by atoms with Crippen LogP contribution in [0.25, 0.3) is 5.03 Å². The molecule has 0 heterocycles. The SMILES string of the molecule is COC(=O)CC(C)(C)C(Cl)C=C(Cl)c1ccc(OC)cc1. The van der Waals surface area contributed by atoms with Gasteiger partial charge in [0.05, 0.1) is 26.0 Å². The fraction of sp³-hybridized carbons (Fsp3) is 0.438. The summed E-state index contributed by atoms with van der Waals surface area (Å²) in [6.45, 7) is 3.80. The minimum atomic E-state index is -0.457. The van der Waals surface area contributed by atoms with Crippen molar-refractivity contribution in [3.8, 4) is 5.75 Å². The van der Waals surface area contributed by atoms with E-state index in [0.29, 0.717) is 5.03 Å². The number of ether oxygens (including phenoxy) is 2. The molecule has 1 aromatic carbocycles. The van der Waals surface area contributed by atoms with E-state index in [1.54, 1.807) is 13.2 Å². The summed E-state index contributed by atoms with van der Waals surface area (Å²) in [6, 6.07) is 7.37. The zero-order valence-corrected chi connectivity index (χ0v) is 14.2. The summed E-state index contributed by atoms with van der Waals surface area (Å²) >= 11 is 12.7. The highest BCUT2D eigenvalue weighted by atomic mass is 35.5. The van der Waals surface area contributed by atoms with Gasteiger partial charge in [0.25, 0.3) is 0 Å². The normalized spacial score (nSPS) is 13.7. The standard InChI is InChI=1S/C16H20Cl2O3/c1-16(2,10-15(19)21-4)14(18)9-13(17)11-5-7-12(20-3)8-6-11/h5-9,14H,10H2,1-4H3. The van der Waals surface area contributed by atoms with Crippen molar-refractivity contribution in [1.82, 2.24) is 0 Å². The summed E-state index contributed by atoms with van der Waals surface area (Å²) in [5.41, 5.74) is 0.387. The number of hydrogen-bond donors (Lipinski definition) is 0. The van der Waals surface area contributed by atoms with Gasteiger partial charge in [-0.2, -0.15) is 0 Å². The maximum atomic E-state index is 11.4. The number of halogens is 2. The molecule has 0 bridgehead atoms. The Balaban J connectivity index is 2.86. The molecule has 0 amide bonds. The highest BCUT2D eigenvalue weighted by molar-refractivity contribution is 6.49. The number of methoxy groups -OCH3 is 2. The molecular formula is C16H20Cl2O3. The van der Waals surface area contributed by atoms with Crippen LogP contribution < -0.4 is 4.74 Å². The molecule has 0 saturated heterocycles. The molecule has 0 radical (unpaired) electrons. The summed E-state index contributed by atoms with van der Waals surface area (Å²) in [5, 5.41) is 0.141. The fourth-order valence-electron chi connectivity index (χ4n) is 1.74. The van der Waals surface area contributed by atoms with Gasteiger partial charge in [0, 0.05) is 5.03 Å². The number of carbonyl (C=O) groups is 1. The molecule has 1 rings (SSSR count). The first-order valence-electron chi connectivity index (χ1n) is 6.53. The van der Waals surface area contributed by atoms with E-state index in [0.717, 1.165) is 11.3 Å². The van der Waals surface area contributed by atoms with Gasteiger partial charge in [-0.25, -0.2) is 0 Å². The summed E-state index contributed by atoms with van der Waals surface area (Å²) in [4.78, 5) is 11.4. The highest BCUT2D eigenvalue weighted by Crippen LogP contribution is 2.34. The molecule has 116 valence electrons. The van der Waals surface area contributed by atoms with E-state index in [1.807, 2.05) is 38.1 Å². The van der Waals surface area contributed by atoms with Gasteiger partial charge in [0.1, 0.15) is 5.75 Å². The first-order chi connectivity index (χ1) is 9.80. The second kappa shape index (κ2) is 7.71. The summed E-state index contributed by atoms with van der Waals surface area (Å²) in [6.07, 6.45) is 1.97. The van der Waals surface area contributed by atoms with Crippen LogP contribution in [0.15, 0.2) is 30.3 Å². The average molecular weight is 331 g/mol. The largest absolute Gasteiger partial charge is 0.497 e. The lowest BCUT2D eigenvalue weighted by Gasteiger charge is -2.27. The lowest BCUT2D eigenvalue weighted by atomic mass is 9.85. The van der Waals surface area contributed by atoms with Crippen LogP contribution in [-0.2, 0) is 9.53 Å². The smallest absolute Gasteiger partial charge is 0.306 e. The number of esters is 1. The molecular weight excluding hydrogens is 311 g/mol. The molecule has 1 unspecified atom stereocenters. The molecule has 0 aromatic heterocycles. The van der Waals surface area contributed by atoms with Crippen LogP contribution in [0.5, 0.6) is 5.75 Å². The first kappa shape index (κ1) is 17.9. The van der Waals surface area contributed by atoms with E-state index in [-0.39, 0.29) is 12.4 Å². The van der Waals surface area contributed by atoms with E-state index in [2.05, 4.69) is 4.74 Å². The zero-order valence-electron chi connectivity index (χ0n) is 12.7. The van der Waals surface area contributed by atoms with Gasteiger partial charge in [-0.3, -0.25) is 4.79 Å². The molecule has 1 atom stereocenters. The lowest BCUT2D eigenvalue weighted by molar-refractivity contribution is -0.142. The number of benzene rings is 1. The van der Waals surface area contributed by atoms with Gasteiger partial charge in [0.2, 0.25) is 0 Å². The Morgan fingerprint density at radius 2 is 1.86 bits per heavy atom. The first-order valence-corrected chi connectivity index (χ1v) is 7.34. The summed E-state index contributed by atoms with van der Waals surface area (Å²) in [7, 11) is 2.97. The van der Waals surface area contributed by atoms with Crippen LogP contribution in [-0.4, -0.2) is 25.6 Å². The van der Waals surface area contributed by atoms with Gasteiger partial charge in [-0.05, 0) is 41.3 Å². The van der Waals surface area contributed by atoms with Crippen molar-refractivity contribution in [1.29, 1.82) is 0 Å². The van der Waals surface area contributed by atoms with Gasteiger partial charge in [-0.1, -0.05) is 25.4 Å². The van der Waals surface area contributed by atoms with Crippen molar-refractivity contribution in [3.63, 3.8) is 0 Å². The van der Waals surface area contributed by atoms with Gasteiger partial charge >= 0.3 is 5.97 Å². The number of carbonyl (C=O) groups excluding carboxylic acids is 1. The molecule has 0 aliphatic heterocycles. The number of allylic oxidation sites excluding steroid dienone is 1. The molecule has 0 aliphatic rings. The Labute approximate surface area is 135 Å². The molecule has 0 saturated carbocycles. The van der Waals surface area contributed by atoms with Crippen LogP contribution in [0.4, 0.5) is 0 Å². The van der Waals surface area contributed by atoms with Gasteiger partial charge in [0.15, 0.2) is 0 Å². The Bertz CT molecular complexity index is 507. The molecule has 0 N–H and O–H groups in total. The molecule has 21 heavy (non-hydrogen) atoms. The summed E-state index contributed by atoms with van der Waals surface area (Å²) in [5.74, 6) is 0.469. The Morgan fingerprint density at radius 1 is 1.29 bits per heavy atom. The number of alkyl halides is 1. The van der Waals surface area contributed by atoms with E-state index in [4.69, 9.17) is 27.9 Å². The van der Waals surface area contributed by atoms with Crippen LogP contribution in [0.1, 0.15) is 25.8 Å². The Kier molecular flexibility index (Phi) is 6.56. The van der Waals surface area contributed by atoms with Crippen LogP contribution in [0.2, 0.25) is 0 Å². The molecule has 3 nitrogen and oxygen atoms in total. The van der Waals surface area contributed by atoms with Gasteiger partial charge in [-0.15, -0.1) is 11.6 Å². The predicted molar refractivity (Wildman–Crippen MR) is 86.9 cm³/mol. The third-order valence-corrected chi connectivity index (χ3v) is 4.29. The van der Waals surface area contributed by atoms with E-state index < -0.39 is 10.8 Å². The fourth-order valence-corrected chi connectivity index (χ4v) is 2.26. The van der Waals surface area contributed by atoms with Crippen molar-refractivity contribution in [2.45, 2.75) is 25.6 Å². The lowest BCUT2D eigenvalue weighted by Crippen LogP contribution is -2.27. The second-order valence-electron chi connectivity index (χ2n) is 5.39. The molecule has 0 fully saturated rings. The van der Waals surface area contributed by atoms with Crippen molar-refractivity contribution >= 4 is 34.2 Å². The maximum Gasteiger partial charge on any atom is 0.306 e. The van der Waals surface area contributed by atoms with Crippen molar-refractivity contribution in [2.75, 3.05) is 14.2 Å². The molecule has 0 aliphatic carbocycles. The average Bonchev–Trinajstić information content (AvgIpc) is 2.46. The number of rotatable bonds is 6. The Hall–Kier alpha value is -1.19. The summed E-state index contributed by atoms with van der Waals surface area (Å²) < 4.78 is 9.79. The highest BCUT2D eigenvalue weighted by Gasteiger charge is 2.30. The molecule has 0 spiro atoms. The van der Waals surface area contributed by atoms with Crippen LogP contribution >= 0.6 is 23.2 Å². The maximum absolute atomic E-state index is 11.4. The minimum absolute atomic E-state index is 0.223. The van der Waals surface area contributed by atoms with Crippen molar-refractivity contribution in [3.05, 3.63) is 35.9 Å². The molecule has 1 aromatic rings. The number of hydrogen-bond acceptors (Lipinski definition) is 3. The Morgan fingerprint density at radius 3 is 2.33 bits per heavy atom. The topological polar surface area (TPSA) is 35.5 Å². The zero-order chi connectivity index (χ0) is 16.0. The van der Waals surface area contributed by atoms with E-state index in [1.165, 1.54) is 7.11 Å². The van der Waals surface area contributed by atoms with E-state index >= 15 is 0 Å².